The molecule has 2 aliphatic rings. The average Bonchev–Trinajstić information content (AvgIpc) is 3.27. The van der Waals surface area contributed by atoms with Crippen LogP contribution in [0, 0.1) is 11.3 Å². The molecule has 4 nitrogen and oxygen atoms in total. The highest BCUT2D eigenvalue weighted by molar-refractivity contribution is 6.30. The van der Waals surface area contributed by atoms with Gasteiger partial charge in [-0.05, 0) is 37.1 Å². The second kappa shape index (κ2) is 5.18. The molecule has 1 saturated carbocycles. The molecule has 0 atom stereocenters. The van der Waals surface area contributed by atoms with Crippen LogP contribution in [0.15, 0.2) is 23.8 Å². The maximum Gasteiger partial charge on any atom is 0.254 e. The van der Waals surface area contributed by atoms with Gasteiger partial charge in [0.1, 0.15) is 18.9 Å². The first kappa shape index (κ1) is 13.0. The van der Waals surface area contributed by atoms with Crippen LogP contribution in [0.3, 0.4) is 0 Å². The number of rotatable bonds is 3. The number of amides is 1. The lowest BCUT2D eigenvalue weighted by molar-refractivity contribution is -0.127. The van der Waals surface area contributed by atoms with Crippen LogP contribution in [-0.2, 0) is 4.79 Å². The first-order valence-electron chi connectivity index (χ1n) is 6.50. The molecule has 1 fully saturated rings. The molecular weight excluding hydrogens is 276 g/mol. The van der Waals surface area contributed by atoms with E-state index >= 15 is 0 Å². The van der Waals surface area contributed by atoms with Gasteiger partial charge in [0.25, 0.3) is 5.91 Å². The van der Waals surface area contributed by atoms with E-state index in [1.807, 2.05) is 0 Å². The van der Waals surface area contributed by atoms with Gasteiger partial charge in [0.2, 0.25) is 0 Å². The fourth-order valence-electron chi connectivity index (χ4n) is 2.29. The fraction of sp³-hybridized carbons (Fsp3) is 0.333. The van der Waals surface area contributed by atoms with E-state index in [9.17, 15) is 4.79 Å². The molecule has 102 valence electrons. The van der Waals surface area contributed by atoms with Gasteiger partial charge in [-0.25, -0.2) is 0 Å². The van der Waals surface area contributed by atoms with Crippen LogP contribution >= 0.6 is 11.6 Å². The van der Waals surface area contributed by atoms with Crippen LogP contribution in [-0.4, -0.2) is 30.0 Å². The van der Waals surface area contributed by atoms with Gasteiger partial charge in [-0.1, -0.05) is 11.6 Å². The van der Waals surface area contributed by atoms with Crippen molar-refractivity contribution < 1.29 is 9.53 Å². The molecule has 1 amide bonds. The number of carbonyl (C=O) groups is 1. The summed E-state index contributed by atoms with van der Waals surface area (Å²) in [4.78, 5) is 14.1. The van der Waals surface area contributed by atoms with Crippen molar-refractivity contribution in [3.05, 3.63) is 34.4 Å². The van der Waals surface area contributed by atoms with Gasteiger partial charge in [-0.15, -0.1) is 0 Å². The number of ether oxygens (including phenoxy) is 1. The normalized spacial score (nSPS) is 16.5. The largest absolute Gasteiger partial charge is 0.488 e. The molecule has 5 heteroatoms. The van der Waals surface area contributed by atoms with Crippen molar-refractivity contribution in [2.75, 3.05) is 13.2 Å². The first-order chi connectivity index (χ1) is 9.69. The lowest BCUT2D eigenvalue weighted by atomic mass is 10.1. The Balaban J connectivity index is 1.87. The fourth-order valence-corrected chi connectivity index (χ4v) is 2.47. The summed E-state index contributed by atoms with van der Waals surface area (Å²) in [5.74, 6) is 0.615. The molecule has 0 radical (unpaired) electrons. The summed E-state index contributed by atoms with van der Waals surface area (Å²) in [7, 11) is 0. The molecule has 0 saturated heterocycles. The Morgan fingerprint density at radius 3 is 3.00 bits per heavy atom. The highest BCUT2D eigenvalue weighted by atomic mass is 35.5. The maximum absolute atomic E-state index is 12.5. The molecule has 20 heavy (non-hydrogen) atoms. The van der Waals surface area contributed by atoms with Crippen LogP contribution in [0.4, 0.5) is 0 Å². The van der Waals surface area contributed by atoms with Crippen LogP contribution in [0.2, 0.25) is 5.02 Å². The van der Waals surface area contributed by atoms with Gasteiger partial charge in [0.15, 0.2) is 0 Å². The van der Waals surface area contributed by atoms with E-state index in [-0.39, 0.29) is 25.1 Å². The summed E-state index contributed by atoms with van der Waals surface area (Å²) in [6, 6.07) is 7.59. The lowest BCUT2D eigenvalue weighted by Crippen LogP contribution is -2.36. The Morgan fingerprint density at radius 1 is 1.50 bits per heavy atom. The number of fused-ring (bicyclic) bond motifs is 1. The Morgan fingerprint density at radius 2 is 2.30 bits per heavy atom. The SMILES string of the molecule is N#CCN(C(=O)C1=Cc2cc(Cl)ccc2OC1)C1CC1. The molecule has 0 bridgehead atoms. The maximum atomic E-state index is 12.5. The van der Waals surface area contributed by atoms with Crippen LogP contribution in [0.25, 0.3) is 6.08 Å². The van der Waals surface area contributed by atoms with Crippen LogP contribution in [0.1, 0.15) is 18.4 Å². The van der Waals surface area contributed by atoms with E-state index < -0.39 is 0 Å². The molecule has 1 aliphatic carbocycles. The minimum atomic E-state index is -0.111. The molecule has 1 aliphatic heterocycles. The zero-order valence-electron chi connectivity index (χ0n) is 10.8. The van der Waals surface area contributed by atoms with Crippen molar-refractivity contribution >= 4 is 23.6 Å². The van der Waals surface area contributed by atoms with Crippen molar-refractivity contribution in [3.63, 3.8) is 0 Å². The predicted octanol–water partition coefficient (Wildman–Crippen LogP) is 2.63. The molecule has 0 unspecified atom stereocenters. The van der Waals surface area contributed by atoms with E-state index in [1.165, 1.54) is 0 Å². The van der Waals surface area contributed by atoms with Gasteiger partial charge in [0.05, 0.1) is 11.6 Å². The van der Waals surface area contributed by atoms with E-state index in [1.54, 1.807) is 29.2 Å². The number of nitriles is 1. The van der Waals surface area contributed by atoms with Crippen LogP contribution in [0.5, 0.6) is 5.75 Å². The Bertz CT molecular complexity index is 629. The topological polar surface area (TPSA) is 53.3 Å². The minimum absolute atomic E-state index is 0.111. The number of carbonyl (C=O) groups excluding carboxylic acids is 1. The third-order valence-electron chi connectivity index (χ3n) is 3.45. The number of benzene rings is 1. The highest BCUT2D eigenvalue weighted by Gasteiger charge is 2.34. The third kappa shape index (κ3) is 2.50. The molecular formula is C15H13ClN2O2. The smallest absolute Gasteiger partial charge is 0.254 e. The Kier molecular flexibility index (Phi) is 3.37. The minimum Gasteiger partial charge on any atom is -0.488 e. The number of hydrogen-bond donors (Lipinski definition) is 0. The van der Waals surface area contributed by atoms with Crippen molar-refractivity contribution in [2.24, 2.45) is 0 Å². The van der Waals surface area contributed by atoms with Crippen LogP contribution < -0.4 is 4.74 Å². The Hall–Kier alpha value is -1.99. The Labute approximate surface area is 122 Å². The van der Waals surface area contributed by atoms with Crippen molar-refractivity contribution in [1.82, 2.24) is 4.90 Å². The van der Waals surface area contributed by atoms with E-state index in [0.717, 1.165) is 24.2 Å². The molecule has 1 aromatic carbocycles. The molecule has 1 aromatic rings. The average molecular weight is 289 g/mol. The standard InChI is InChI=1S/C15H13ClN2O2/c16-12-1-4-14-10(8-12)7-11(9-20-14)15(19)18(6-5-17)13-2-3-13/h1,4,7-8,13H,2-3,6,9H2. The highest BCUT2D eigenvalue weighted by Crippen LogP contribution is 2.32. The van der Waals surface area contributed by atoms with Crippen molar-refractivity contribution in [3.8, 4) is 11.8 Å². The summed E-state index contributed by atoms with van der Waals surface area (Å²) < 4.78 is 5.58. The van der Waals surface area contributed by atoms with Crippen molar-refractivity contribution in [2.45, 2.75) is 18.9 Å². The number of hydrogen-bond acceptors (Lipinski definition) is 3. The number of nitrogens with zero attached hydrogens (tertiary/aromatic N) is 2. The zero-order valence-corrected chi connectivity index (χ0v) is 11.6. The van der Waals surface area contributed by atoms with Crippen molar-refractivity contribution in [1.29, 1.82) is 5.26 Å². The van der Waals surface area contributed by atoms with Gasteiger partial charge >= 0.3 is 0 Å². The van der Waals surface area contributed by atoms with E-state index in [4.69, 9.17) is 21.6 Å². The van der Waals surface area contributed by atoms with E-state index in [2.05, 4.69) is 6.07 Å². The molecule has 0 aromatic heterocycles. The van der Waals surface area contributed by atoms with Gasteiger partial charge in [-0.2, -0.15) is 5.26 Å². The summed E-state index contributed by atoms with van der Waals surface area (Å²) in [5.41, 5.74) is 1.38. The second-order valence-electron chi connectivity index (χ2n) is 4.96. The number of halogens is 1. The molecule has 0 N–H and O–H groups in total. The second-order valence-corrected chi connectivity index (χ2v) is 5.40. The third-order valence-corrected chi connectivity index (χ3v) is 3.68. The summed E-state index contributed by atoms with van der Waals surface area (Å²) in [5, 5.41) is 9.45. The molecule has 1 heterocycles. The zero-order chi connectivity index (χ0) is 14.1. The predicted molar refractivity (Wildman–Crippen MR) is 75.3 cm³/mol. The molecule has 3 rings (SSSR count). The van der Waals surface area contributed by atoms with Gasteiger partial charge in [0, 0.05) is 16.6 Å². The molecule has 0 spiro atoms. The summed E-state index contributed by atoms with van der Waals surface area (Å²) in [6.45, 7) is 0.366. The quantitative estimate of drug-likeness (QED) is 0.804. The monoisotopic (exact) mass is 288 g/mol. The lowest BCUT2D eigenvalue weighted by Gasteiger charge is -2.23. The van der Waals surface area contributed by atoms with Gasteiger partial charge < -0.3 is 9.64 Å². The van der Waals surface area contributed by atoms with E-state index in [0.29, 0.717) is 10.6 Å². The summed E-state index contributed by atoms with van der Waals surface area (Å²) >= 11 is 5.95. The van der Waals surface area contributed by atoms with Gasteiger partial charge in [-0.3, -0.25) is 4.79 Å². The first-order valence-corrected chi connectivity index (χ1v) is 6.87. The summed E-state index contributed by atoms with van der Waals surface area (Å²) in [6.07, 6.45) is 3.76.